The zero-order chi connectivity index (χ0) is 13.8. The third-order valence-corrected chi connectivity index (χ3v) is 3.95. The first-order valence-corrected chi connectivity index (χ1v) is 7.31. The zero-order valence-electron chi connectivity index (χ0n) is 11.4. The lowest BCUT2D eigenvalue weighted by Gasteiger charge is -2.16. The van der Waals surface area contributed by atoms with Crippen LogP contribution in [-0.2, 0) is 6.54 Å². The highest BCUT2D eigenvalue weighted by molar-refractivity contribution is 7.80. The Kier molecular flexibility index (Phi) is 4.88. The van der Waals surface area contributed by atoms with Crippen LogP contribution in [0, 0.1) is 11.7 Å². The molecule has 1 aromatic rings. The molecule has 2 N–H and O–H groups in total. The normalized spacial score (nSPS) is 19.8. The van der Waals surface area contributed by atoms with E-state index < -0.39 is 0 Å². The molecular weight excluding hydrogens is 259 g/mol. The monoisotopic (exact) mass is 280 g/mol. The summed E-state index contributed by atoms with van der Waals surface area (Å²) in [7, 11) is 0. The number of hydrogen-bond donors (Lipinski definition) is 1. The van der Waals surface area contributed by atoms with Gasteiger partial charge in [0.15, 0.2) is 0 Å². The van der Waals surface area contributed by atoms with Crippen LogP contribution in [0.5, 0.6) is 0 Å². The van der Waals surface area contributed by atoms with Gasteiger partial charge >= 0.3 is 0 Å². The van der Waals surface area contributed by atoms with E-state index >= 15 is 0 Å². The molecule has 1 aliphatic rings. The lowest BCUT2D eigenvalue weighted by atomic mass is 10.0. The molecule has 1 fully saturated rings. The molecule has 1 unspecified atom stereocenters. The third kappa shape index (κ3) is 3.98. The lowest BCUT2D eigenvalue weighted by Crippen LogP contribution is -2.20. The maximum absolute atomic E-state index is 13.5. The molecule has 104 valence electrons. The number of thiocarbonyl (C=S) groups is 1. The van der Waals surface area contributed by atoms with Gasteiger partial charge in [-0.15, -0.1) is 0 Å². The number of halogens is 1. The molecule has 19 heavy (non-hydrogen) atoms. The number of benzene rings is 1. The summed E-state index contributed by atoms with van der Waals surface area (Å²) in [4.78, 5) is 2.64. The summed E-state index contributed by atoms with van der Waals surface area (Å²) >= 11 is 4.91. The van der Waals surface area contributed by atoms with Crippen LogP contribution >= 0.6 is 12.2 Å². The molecule has 2 nitrogen and oxygen atoms in total. The zero-order valence-corrected chi connectivity index (χ0v) is 12.2. The van der Waals surface area contributed by atoms with Crippen molar-refractivity contribution in [2.24, 2.45) is 11.7 Å². The van der Waals surface area contributed by atoms with Crippen LogP contribution in [0.1, 0.15) is 37.3 Å². The van der Waals surface area contributed by atoms with Crippen molar-refractivity contribution in [2.75, 3.05) is 13.1 Å². The predicted octanol–water partition coefficient (Wildman–Crippen LogP) is 3.08. The Balaban J connectivity index is 2.01. The number of nitrogens with zero attached hydrogens (tertiary/aromatic N) is 1. The van der Waals surface area contributed by atoms with Gasteiger partial charge in [-0.05, 0) is 49.1 Å². The highest BCUT2D eigenvalue weighted by Crippen LogP contribution is 2.23. The van der Waals surface area contributed by atoms with Gasteiger partial charge in [0.1, 0.15) is 10.8 Å². The second kappa shape index (κ2) is 6.44. The van der Waals surface area contributed by atoms with E-state index in [4.69, 9.17) is 18.0 Å². The van der Waals surface area contributed by atoms with Gasteiger partial charge in [-0.3, -0.25) is 4.90 Å². The standard InChI is InChI=1S/C15H21FN2S/c1-2-3-11-4-5-18(9-11)10-12-6-13(15(17)19)8-14(16)7-12/h6-8,11H,2-5,9-10H2,1H3,(H2,17,19). The van der Waals surface area contributed by atoms with Crippen molar-refractivity contribution in [3.8, 4) is 0 Å². The minimum absolute atomic E-state index is 0.256. The fourth-order valence-electron chi connectivity index (χ4n) is 2.84. The molecule has 4 heteroatoms. The van der Waals surface area contributed by atoms with Crippen LogP contribution in [0.2, 0.25) is 0 Å². The molecule has 0 radical (unpaired) electrons. The SMILES string of the molecule is CCCC1CCN(Cc2cc(F)cc(C(N)=S)c2)C1. The molecule has 0 spiro atoms. The fourth-order valence-corrected chi connectivity index (χ4v) is 2.96. The van der Waals surface area contributed by atoms with Crippen molar-refractivity contribution in [3.63, 3.8) is 0 Å². The van der Waals surface area contributed by atoms with Gasteiger partial charge in [-0.1, -0.05) is 25.6 Å². The third-order valence-electron chi connectivity index (χ3n) is 3.72. The van der Waals surface area contributed by atoms with E-state index in [9.17, 15) is 4.39 Å². The Morgan fingerprint density at radius 2 is 2.26 bits per heavy atom. The van der Waals surface area contributed by atoms with Gasteiger partial charge in [-0.25, -0.2) is 4.39 Å². The van der Waals surface area contributed by atoms with Gasteiger partial charge in [0.05, 0.1) is 0 Å². The van der Waals surface area contributed by atoms with Crippen LogP contribution in [0.15, 0.2) is 18.2 Å². The largest absolute Gasteiger partial charge is 0.389 e. The smallest absolute Gasteiger partial charge is 0.124 e. The molecule has 0 amide bonds. The van der Waals surface area contributed by atoms with Gasteiger partial charge in [0, 0.05) is 18.7 Å². The van der Waals surface area contributed by atoms with Crippen molar-refractivity contribution < 1.29 is 4.39 Å². The average molecular weight is 280 g/mol. The van der Waals surface area contributed by atoms with E-state index in [1.807, 2.05) is 6.07 Å². The number of rotatable bonds is 5. The lowest BCUT2D eigenvalue weighted by molar-refractivity contribution is 0.312. The van der Waals surface area contributed by atoms with Gasteiger partial charge in [0.2, 0.25) is 0 Å². The Bertz CT molecular complexity index is 461. The van der Waals surface area contributed by atoms with Crippen LogP contribution < -0.4 is 5.73 Å². The summed E-state index contributed by atoms with van der Waals surface area (Å²) in [6.07, 6.45) is 3.78. The molecule has 0 aliphatic carbocycles. The van der Waals surface area contributed by atoms with Crippen LogP contribution in [0.3, 0.4) is 0 Å². The molecule has 0 aromatic heterocycles. The van der Waals surface area contributed by atoms with Crippen LogP contribution in [-0.4, -0.2) is 23.0 Å². The van der Waals surface area contributed by atoms with Crippen molar-refractivity contribution in [1.82, 2.24) is 4.90 Å². The Morgan fingerprint density at radius 3 is 2.95 bits per heavy atom. The number of likely N-dealkylation sites (tertiary alicyclic amines) is 1. The molecule has 1 aliphatic heterocycles. The summed E-state index contributed by atoms with van der Waals surface area (Å²) in [5.41, 5.74) is 7.15. The van der Waals surface area contributed by atoms with E-state index in [0.717, 1.165) is 31.1 Å². The quantitative estimate of drug-likeness (QED) is 0.841. The second-order valence-electron chi connectivity index (χ2n) is 5.39. The average Bonchev–Trinajstić information content (AvgIpc) is 2.76. The number of hydrogen-bond acceptors (Lipinski definition) is 2. The molecule has 1 aromatic carbocycles. The van der Waals surface area contributed by atoms with Gasteiger partial charge in [-0.2, -0.15) is 0 Å². The highest BCUT2D eigenvalue weighted by atomic mass is 32.1. The summed E-state index contributed by atoms with van der Waals surface area (Å²) in [6, 6.07) is 4.88. The topological polar surface area (TPSA) is 29.3 Å². The first kappa shape index (κ1) is 14.4. The summed E-state index contributed by atoms with van der Waals surface area (Å²) in [5, 5.41) is 0. The Hall–Kier alpha value is -1.00. The summed E-state index contributed by atoms with van der Waals surface area (Å²) in [5.74, 6) is 0.540. The van der Waals surface area contributed by atoms with Gasteiger partial charge in [0.25, 0.3) is 0 Å². The molecule has 0 bridgehead atoms. The van der Waals surface area contributed by atoms with E-state index in [1.54, 1.807) is 6.07 Å². The van der Waals surface area contributed by atoms with E-state index in [2.05, 4.69) is 11.8 Å². The first-order chi connectivity index (χ1) is 9.08. The summed E-state index contributed by atoms with van der Waals surface area (Å²) in [6.45, 7) is 5.23. The fraction of sp³-hybridized carbons (Fsp3) is 0.533. The highest BCUT2D eigenvalue weighted by Gasteiger charge is 2.21. The first-order valence-electron chi connectivity index (χ1n) is 6.90. The second-order valence-corrected chi connectivity index (χ2v) is 5.83. The maximum Gasteiger partial charge on any atom is 0.124 e. The number of nitrogens with two attached hydrogens (primary N) is 1. The minimum Gasteiger partial charge on any atom is -0.389 e. The predicted molar refractivity (Wildman–Crippen MR) is 80.6 cm³/mol. The molecule has 1 heterocycles. The van der Waals surface area contributed by atoms with Crippen LogP contribution in [0.4, 0.5) is 4.39 Å². The van der Waals surface area contributed by atoms with E-state index in [-0.39, 0.29) is 10.8 Å². The molecule has 0 saturated carbocycles. The Labute approximate surface area is 119 Å². The van der Waals surface area contributed by atoms with E-state index in [0.29, 0.717) is 5.56 Å². The maximum atomic E-state index is 13.5. The Morgan fingerprint density at radius 1 is 1.47 bits per heavy atom. The van der Waals surface area contributed by atoms with Crippen molar-refractivity contribution in [2.45, 2.75) is 32.7 Å². The van der Waals surface area contributed by atoms with E-state index in [1.165, 1.54) is 25.3 Å². The van der Waals surface area contributed by atoms with Gasteiger partial charge < -0.3 is 5.73 Å². The summed E-state index contributed by atoms with van der Waals surface area (Å²) < 4.78 is 13.5. The molecule has 1 saturated heterocycles. The minimum atomic E-state index is -0.260. The molecular formula is C15H21FN2S. The molecule has 1 atom stereocenters. The van der Waals surface area contributed by atoms with Crippen molar-refractivity contribution in [1.29, 1.82) is 0 Å². The van der Waals surface area contributed by atoms with Crippen molar-refractivity contribution in [3.05, 3.63) is 35.1 Å². The van der Waals surface area contributed by atoms with Crippen LogP contribution in [0.25, 0.3) is 0 Å². The molecule has 2 rings (SSSR count). The van der Waals surface area contributed by atoms with Crippen molar-refractivity contribution >= 4 is 17.2 Å².